The van der Waals surface area contributed by atoms with Gasteiger partial charge in [0.25, 0.3) is 15.9 Å². The van der Waals surface area contributed by atoms with E-state index >= 15 is 0 Å². The van der Waals surface area contributed by atoms with Crippen LogP contribution in [0.4, 0.5) is 5.69 Å². The fraction of sp³-hybridized carbons (Fsp3) is 0.0769. The molecule has 0 spiro atoms. The number of para-hydroxylation sites is 1. The van der Waals surface area contributed by atoms with Crippen LogP contribution >= 0.6 is 0 Å². The molecule has 0 aliphatic carbocycles. The maximum atomic E-state index is 13.2. The first-order valence-corrected chi connectivity index (χ1v) is 11.8. The summed E-state index contributed by atoms with van der Waals surface area (Å²) in [6, 6.07) is 27.7. The van der Waals surface area contributed by atoms with E-state index in [2.05, 4.69) is 10.3 Å². The Bertz CT molecular complexity index is 1290. The summed E-state index contributed by atoms with van der Waals surface area (Å²) in [5.74, 6) is -0.375. The van der Waals surface area contributed by atoms with E-state index in [1.165, 1.54) is 23.5 Å². The van der Waals surface area contributed by atoms with Gasteiger partial charge in [0.05, 0.1) is 16.6 Å². The number of carbonyl (C=O) groups excluding carboxylic acids is 1. The van der Waals surface area contributed by atoms with Gasteiger partial charge in [0.15, 0.2) is 0 Å². The Hall–Kier alpha value is -3.97. The highest BCUT2D eigenvalue weighted by atomic mass is 32.2. The number of aromatic nitrogens is 1. The number of rotatable bonds is 7. The van der Waals surface area contributed by atoms with Crippen LogP contribution in [0.5, 0.6) is 0 Å². The fourth-order valence-electron chi connectivity index (χ4n) is 3.51. The lowest BCUT2D eigenvalue weighted by Crippen LogP contribution is -2.30. The Labute approximate surface area is 193 Å². The number of amides is 1. The van der Waals surface area contributed by atoms with Crippen LogP contribution in [0.15, 0.2) is 114 Å². The molecule has 6 nitrogen and oxygen atoms in total. The van der Waals surface area contributed by atoms with E-state index in [1.54, 1.807) is 48.8 Å². The molecule has 1 heterocycles. The lowest BCUT2D eigenvalue weighted by atomic mass is 9.99. The van der Waals surface area contributed by atoms with Crippen molar-refractivity contribution in [2.24, 2.45) is 0 Å². The molecule has 4 rings (SSSR count). The molecule has 0 aliphatic heterocycles. The number of carbonyl (C=O) groups is 1. The van der Waals surface area contributed by atoms with Crippen LogP contribution in [0.2, 0.25) is 0 Å². The molecule has 0 radical (unpaired) electrons. The van der Waals surface area contributed by atoms with Crippen molar-refractivity contribution in [2.45, 2.75) is 10.9 Å². The smallest absolute Gasteiger partial charge is 0.264 e. The Morgan fingerprint density at radius 2 is 1.42 bits per heavy atom. The average Bonchev–Trinajstić information content (AvgIpc) is 2.88. The molecule has 7 heteroatoms. The quantitative estimate of drug-likeness (QED) is 0.445. The first-order valence-electron chi connectivity index (χ1n) is 10.4. The van der Waals surface area contributed by atoms with Gasteiger partial charge in [0, 0.05) is 25.0 Å². The normalized spacial score (nSPS) is 12.0. The molecule has 0 bridgehead atoms. The van der Waals surface area contributed by atoms with Crippen molar-refractivity contribution in [2.75, 3.05) is 11.4 Å². The first-order chi connectivity index (χ1) is 16.0. The number of benzene rings is 3. The van der Waals surface area contributed by atoms with Gasteiger partial charge in [-0.2, -0.15) is 0 Å². The van der Waals surface area contributed by atoms with Gasteiger partial charge in [0.1, 0.15) is 0 Å². The summed E-state index contributed by atoms with van der Waals surface area (Å²) < 4.78 is 27.5. The summed E-state index contributed by atoms with van der Waals surface area (Å²) in [6.45, 7) is 0. The molecule has 1 atom stereocenters. The average molecular weight is 458 g/mol. The van der Waals surface area contributed by atoms with Crippen LogP contribution in [-0.2, 0) is 10.0 Å². The lowest BCUT2D eigenvalue weighted by molar-refractivity contribution is 0.0942. The van der Waals surface area contributed by atoms with E-state index in [0.29, 0.717) is 5.69 Å². The lowest BCUT2D eigenvalue weighted by Gasteiger charge is -2.21. The molecule has 33 heavy (non-hydrogen) atoms. The number of nitrogens with zero attached hydrogens (tertiary/aromatic N) is 2. The van der Waals surface area contributed by atoms with Gasteiger partial charge in [-0.15, -0.1) is 0 Å². The van der Waals surface area contributed by atoms with Crippen LogP contribution < -0.4 is 9.62 Å². The molecular weight excluding hydrogens is 434 g/mol. The topological polar surface area (TPSA) is 79.4 Å². The predicted octanol–water partition coefficient (Wildman–Crippen LogP) is 4.43. The van der Waals surface area contributed by atoms with Crippen LogP contribution in [0.1, 0.15) is 27.5 Å². The fourth-order valence-corrected chi connectivity index (χ4v) is 4.75. The van der Waals surface area contributed by atoms with Gasteiger partial charge in [-0.3, -0.25) is 14.1 Å². The van der Waals surface area contributed by atoms with Gasteiger partial charge in [0.2, 0.25) is 0 Å². The van der Waals surface area contributed by atoms with Gasteiger partial charge >= 0.3 is 0 Å². The number of hydrogen-bond acceptors (Lipinski definition) is 4. The number of anilines is 1. The third-order valence-corrected chi connectivity index (χ3v) is 7.10. The molecule has 1 amide bonds. The first kappa shape index (κ1) is 22.2. The Balaban J connectivity index is 1.63. The highest BCUT2D eigenvalue weighted by Crippen LogP contribution is 2.24. The second-order valence-electron chi connectivity index (χ2n) is 7.43. The van der Waals surface area contributed by atoms with Gasteiger partial charge in [-0.05, 0) is 53.6 Å². The zero-order valence-corrected chi connectivity index (χ0v) is 18.8. The van der Waals surface area contributed by atoms with Crippen LogP contribution in [-0.4, -0.2) is 26.4 Å². The molecule has 0 saturated carbocycles. The van der Waals surface area contributed by atoms with Crippen LogP contribution in [0, 0.1) is 0 Å². The van der Waals surface area contributed by atoms with E-state index in [4.69, 9.17) is 0 Å². The number of hydrogen-bond donors (Lipinski definition) is 1. The summed E-state index contributed by atoms with van der Waals surface area (Å²) in [5, 5.41) is 3.03. The monoisotopic (exact) mass is 457 g/mol. The van der Waals surface area contributed by atoms with E-state index in [-0.39, 0.29) is 16.4 Å². The summed E-state index contributed by atoms with van der Waals surface area (Å²) >= 11 is 0. The molecule has 0 aliphatic rings. The largest absolute Gasteiger partial charge is 0.341 e. The number of pyridine rings is 1. The predicted molar refractivity (Wildman–Crippen MR) is 128 cm³/mol. The molecule has 0 fully saturated rings. The highest BCUT2D eigenvalue weighted by molar-refractivity contribution is 7.92. The number of sulfonamides is 1. The zero-order chi connectivity index (χ0) is 23.3. The third kappa shape index (κ3) is 4.94. The van der Waals surface area contributed by atoms with Crippen molar-refractivity contribution in [3.63, 3.8) is 0 Å². The minimum Gasteiger partial charge on any atom is -0.341 e. The van der Waals surface area contributed by atoms with Crippen molar-refractivity contribution in [1.29, 1.82) is 0 Å². The summed E-state index contributed by atoms with van der Waals surface area (Å²) in [4.78, 5) is 17.3. The second-order valence-corrected chi connectivity index (χ2v) is 9.40. The van der Waals surface area contributed by atoms with Gasteiger partial charge in [-0.1, -0.05) is 54.6 Å². The SMILES string of the molecule is CN(c1ccccc1)S(=O)(=O)c1cccc(C(=O)NC(c2ccccc2)c2ccncc2)c1. The van der Waals surface area contributed by atoms with Gasteiger partial charge < -0.3 is 5.32 Å². The number of nitrogens with one attached hydrogen (secondary N) is 1. The van der Waals surface area contributed by atoms with Crippen molar-refractivity contribution in [3.8, 4) is 0 Å². The molecule has 1 unspecified atom stereocenters. The minimum atomic E-state index is -3.84. The highest BCUT2D eigenvalue weighted by Gasteiger charge is 2.23. The molecule has 0 saturated heterocycles. The van der Waals surface area contributed by atoms with E-state index in [9.17, 15) is 13.2 Å². The Morgan fingerprint density at radius 3 is 2.09 bits per heavy atom. The molecule has 1 N–H and O–H groups in total. The molecule has 3 aromatic carbocycles. The summed E-state index contributed by atoms with van der Waals surface area (Å²) in [6.07, 6.45) is 3.34. The molecule has 1 aromatic heterocycles. The Kier molecular flexibility index (Phi) is 6.51. The second kappa shape index (κ2) is 9.67. The molecular formula is C26H23N3O3S. The van der Waals surface area contributed by atoms with Gasteiger partial charge in [-0.25, -0.2) is 8.42 Å². The Morgan fingerprint density at radius 1 is 0.818 bits per heavy atom. The third-order valence-electron chi connectivity index (χ3n) is 5.32. The van der Waals surface area contributed by atoms with E-state index in [0.717, 1.165) is 11.1 Å². The van der Waals surface area contributed by atoms with Crippen molar-refractivity contribution in [3.05, 3.63) is 126 Å². The molecule has 166 valence electrons. The van der Waals surface area contributed by atoms with Crippen LogP contribution in [0.3, 0.4) is 0 Å². The standard InChI is InChI=1S/C26H23N3O3S/c1-29(23-12-6-3-7-13-23)33(31,32)24-14-8-11-22(19-24)26(30)28-25(20-9-4-2-5-10-20)21-15-17-27-18-16-21/h2-19,25H,1H3,(H,28,30). The minimum absolute atomic E-state index is 0.0432. The summed E-state index contributed by atoms with van der Waals surface area (Å²) in [5.41, 5.74) is 2.57. The van der Waals surface area contributed by atoms with Crippen molar-refractivity contribution in [1.82, 2.24) is 10.3 Å². The van der Waals surface area contributed by atoms with Crippen molar-refractivity contribution >= 4 is 21.6 Å². The van der Waals surface area contributed by atoms with Crippen molar-refractivity contribution < 1.29 is 13.2 Å². The van der Waals surface area contributed by atoms with Crippen LogP contribution in [0.25, 0.3) is 0 Å². The maximum Gasteiger partial charge on any atom is 0.264 e. The van der Waals surface area contributed by atoms with E-state index < -0.39 is 16.1 Å². The maximum absolute atomic E-state index is 13.2. The molecule has 4 aromatic rings. The van der Waals surface area contributed by atoms with E-state index in [1.807, 2.05) is 48.5 Å². The zero-order valence-electron chi connectivity index (χ0n) is 18.0. The summed E-state index contributed by atoms with van der Waals surface area (Å²) in [7, 11) is -2.34.